The summed E-state index contributed by atoms with van der Waals surface area (Å²) in [6.45, 7) is 9.92. The Kier molecular flexibility index (Phi) is 18.6. The van der Waals surface area contributed by atoms with Gasteiger partial charge in [0.25, 0.3) is 0 Å². The molecule has 0 atom stereocenters. The quantitative estimate of drug-likeness (QED) is 0.292. The Morgan fingerprint density at radius 3 is 2.24 bits per heavy atom. The summed E-state index contributed by atoms with van der Waals surface area (Å²) < 4.78 is 4.47. The molecule has 0 aliphatic rings. The summed E-state index contributed by atoms with van der Waals surface area (Å²) in [4.78, 5) is 10.2. The predicted octanol–water partition coefficient (Wildman–Crippen LogP) is 3.21. The van der Waals surface area contributed by atoms with Gasteiger partial charge in [-0.2, -0.15) is 0 Å². The lowest BCUT2D eigenvalue weighted by Crippen LogP contribution is -1.98. The smallest absolute Gasteiger partial charge is 0.330 e. The fourth-order valence-corrected chi connectivity index (χ4v) is 1.12. The van der Waals surface area contributed by atoms with E-state index in [-0.39, 0.29) is 6.61 Å². The Labute approximate surface area is 106 Å². The van der Waals surface area contributed by atoms with E-state index in [2.05, 4.69) is 24.8 Å². The van der Waals surface area contributed by atoms with Crippen molar-refractivity contribution < 1.29 is 9.53 Å². The number of unbranched alkanes of at least 4 members (excludes halogenated alkanes) is 5. The Balaban J connectivity index is 0. The second-order valence-corrected chi connectivity index (χ2v) is 3.68. The number of rotatable bonds is 9. The van der Waals surface area contributed by atoms with Crippen LogP contribution >= 0.6 is 0 Å². The third-order valence-corrected chi connectivity index (χ3v) is 2.07. The summed E-state index contributed by atoms with van der Waals surface area (Å²) in [6, 6.07) is 0. The summed E-state index contributed by atoms with van der Waals surface area (Å²) in [5.41, 5.74) is 5.34. The molecule has 0 aliphatic heterocycles. The Morgan fingerprint density at radius 1 is 1.18 bits per heavy atom. The van der Waals surface area contributed by atoms with Crippen LogP contribution < -0.4 is 5.73 Å². The van der Waals surface area contributed by atoms with Crippen molar-refractivity contribution in [1.82, 2.24) is 0 Å². The van der Waals surface area contributed by atoms with Crippen LogP contribution in [-0.4, -0.2) is 19.1 Å². The standard InChI is InChI=1S/C8H19N.C6H8O2/c1-2-3-4-5-6-7-8-9;1-3-5-8-6(7)4-2/h2-9H2,1H3;3-4H,1-2,5H2. The van der Waals surface area contributed by atoms with Crippen LogP contribution in [0.5, 0.6) is 0 Å². The monoisotopic (exact) mass is 241 g/mol. The molecule has 0 spiro atoms. The van der Waals surface area contributed by atoms with Gasteiger partial charge in [0, 0.05) is 6.08 Å². The molecule has 0 saturated carbocycles. The normalized spacial score (nSPS) is 8.82. The highest BCUT2D eigenvalue weighted by Crippen LogP contribution is 2.03. The first-order valence-corrected chi connectivity index (χ1v) is 6.33. The molecule has 0 fully saturated rings. The van der Waals surface area contributed by atoms with Crippen molar-refractivity contribution in [2.75, 3.05) is 13.2 Å². The minimum atomic E-state index is -0.412. The molecule has 17 heavy (non-hydrogen) atoms. The maximum Gasteiger partial charge on any atom is 0.330 e. The van der Waals surface area contributed by atoms with Crippen LogP contribution in [0, 0.1) is 0 Å². The van der Waals surface area contributed by atoms with Gasteiger partial charge in [0.1, 0.15) is 6.61 Å². The van der Waals surface area contributed by atoms with Gasteiger partial charge in [-0.3, -0.25) is 0 Å². The highest BCUT2D eigenvalue weighted by molar-refractivity contribution is 5.81. The fraction of sp³-hybridized carbons (Fsp3) is 0.643. The van der Waals surface area contributed by atoms with Crippen molar-refractivity contribution >= 4 is 5.97 Å². The van der Waals surface area contributed by atoms with E-state index >= 15 is 0 Å². The summed E-state index contributed by atoms with van der Waals surface area (Å²) in [5, 5.41) is 0. The van der Waals surface area contributed by atoms with Crippen LogP contribution in [0.15, 0.2) is 25.3 Å². The van der Waals surface area contributed by atoms with E-state index in [1.165, 1.54) is 44.6 Å². The zero-order chi connectivity index (χ0) is 13.4. The van der Waals surface area contributed by atoms with Gasteiger partial charge in [0.2, 0.25) is 0 Å². The SMILES string of the molecule is C=CCOC(=O)C=C.CCCCCCCCN. The van der Waals surface area contributed by atoms with Crippen molar-refractivity contribution in [2.45, 2.75) is 45.4 Å². The van der Waals surface area contributed by atoms with Gasteiger partial charge in [-0.05, 0) is 13.0 Å². The van der Waals surface area contributed by atoms with E-state index in [0.29, 0.717) is 0 Å². The molecule has 3 nitrogen and oxygen atoms in total. The number of nitrogens with two attached hydrogens (primary N) is 1. The second-order valence-electron chi connectivity index (χ2n) is 3.68. The molecule has 0 rings (SSSR count). The van der Waals surface area contributed by atoms with E-state index in [9.17, 15) is 4.79 Å². The van der Waals surface area contributed by atoms with Crippen molar-refractivity contribution in [3.8, 4) is 0 Å². The van der Waals surface area contributed by atoms with E-state index in [0.717, 1.165) is 12.6 Å². The molecule has 0 bridgehead atoms. The molecule has 0 unspecified atom stereocenters. The van der Waals surface area contributed by atoms with Gasteiger partial charge in [-0.25, -0.2) is 4.79 Å². The van der Waals surface area contributed by atoms with Crippen molar-refractivity contribution in [3.05, 3.63) is 25.3 Å². The lowest BCUT2D eigenvalue weighted by Gasteiger charge is -1.96. The maximum atomic E-state index is 10.2. The molecule has 0 aromatic carbocycles. The molecule has 0 aliphatic carbocycles. The number of esters is 1. The van der Waals surface area contributed by atoms with Crippen LogP contribution in [-0.2, 0) is 9.53 Å². The molecular formula is C14H27NO2. The van der Waals surface area contributed by atoms with Gasteiger partial charge in [-0.15, -0.1) is 0 Å². The largest absolute Gasteiger partial charge is 0.458 e. The maximum absolute atomic E-state index is 10.2. The van der Waals surface area contributed by atoms with E-state index < -0.39 is 5.97 Å². The lowest BCUT2D eigenvalue weighted by atomic mass is 10.1. The topological polar surface area (TPSA) is 52.3 Å². The second kappa shape index (κ2) is 17.3. The molecule has 0 saturated heterocycles. The van der Waals surface area contributed by atoms with Crippen LogP contribution in [0.3, 0.4) is 0 Å². The molecule has 0 aromatic heterocycles. The van der Waals surface area contributed by atoms with Crippen molar-refractivity contribution in [2.24, 2.45) is 5.73 Å². The van der Waals surface area contributed by atoms with Gasteiger partial charge < -0.3 is 10.5 Å². The first-order chi connectivity index (χ1) is 8.22. The van der Waals surface area contributed by atoms with Crippen LogP contribution in [0.2, 0.25) is 0 Å². The number of hydrogen-bond donors (Lipinski definition) is 1. The third-order valence-electron chi connectivity index (χ3n) is 2.07. The average Bonchev–Trinajstić information content (AvgIpc) is 2.36. The number of ether oxygens (including phenoxy) is 1. The van der Waals surface area contributed by atoms with Crippen molar-refractivity contribution in [3.63, 3.8) is 0 Å². The van der Waals surface area contributed by atoms with Gasteiger partial charge >= 0.3 is 5.97 Å². The molecule has 0 aromatic rings. The number of hydrogen-bond acceptors (Lipinski definition) is 3. The Morgan fingerprint density at radius 2 is 1.76 bits per heavy atom. The number of carbonyl (C=O) groups is 1. The highest BCUT2D eigenvalue weighted by atomic mass is 16.5. The summed E-state index contributed by atoms with van der Waals surface area (Å²) >= 11 is 0. The zero-order valence-corrected chi connectivity index (χ0v) is 11.1. The van der Waals surface area contributed by atoms with Gasteiger partial charge in [0.15, 0.2) is 0 Å². The van der Waals surface area contributed by atoms with Gasteiger partial charge in [0.05, 0.1) is 0 Å². The fourth-order valence-electron chi connectivity index (χ4n) is 1.12. The van der Waals surface area contributed by atoms with Crippen LogP contribution in [0.4, 0.5) is 0 Å². The minimum Gasteiger partial charge on any atom is -0.458 e. The Hall–Kier alpha value is -1.09. The highest BCUT2D eigenvalue weighted by Gasteiger charge is 1.88. The van der Waals surface area contributed by atoms with Crippen molar-refractivity contribution in [1.29, 1.82) is 0 Å². The summed E-state index contributed by atoms with van der Waals surface area (Å²) in [7, 11) is 0. The molecule has 0 radical (unpaired) electrons. The minimum absolute atomic E-state index is 0.255. The molecule has 0 amide bonds. The first-order valence-electron chi connectivity index (χ1n) is 6.33. The lowest BCUT2D eigenvalue weighted by molar-refractivity contribution is -0.136. The summed E-state index contributed by atoms with van der Waals surface area (Å²) in [5.74, 6) is -0.412. The predicted molar refractivity (Wildman–Crippen MR) is 73.8 cm³/mol. The average molecular weight is 241 g/mol. The molecule has 0 heterocycles. The van der Waals surface area contributed by atoms with Crippen LogP contribution in [0.1, 0.15) is 45.4 Å². The summed E-state index contributed by atoms with van der Waals surface area (Å²) in [6.07, 6.45) is 10.7. The first kappa shape index (κ1) is 18.3. The number of carbonyl (C=O) groups excluding carboxylic acids is 1. The van der Waals surface area contributed by atoms with E-state index in [1.54, 1.807) is 0 Å². The Bertz CT molecular complexity index is 185. The van der Waals surface area contributed by atoms with Crippen LogP contribution in [0.25, 0.3) is 0 Å². The van der Waals surface area contributed by atoms with Gasteiger partial charge in [-0.1, -0.05) is 58.3 Å². The zero-order valence-electron chi connectivity index (χ0n) is 11.1. The molecule has 2 N–H and O–H groups in total. The van der Waals surface area contributed by atoms with E-state index in [4.69, 9.17) is 5.73 Å². The molecular weight excluding hydrogens is 214 g/mol. The van der Waals surface area contributed by atoms with E-state index in [1.807, 2.05) is 0 Å². The molecule has 3 heteroatoms. The third kappa shape index (κ3) is 20.9. The molecule has 100 valence electrons.